The summed E-state index contributed by atoms with van der Waals surface area (Å²) in [6.45, 7) is 5.58. The first kappa shape index (κ1) is 16.0. The molecule has 1 aromatic carbocycles. The zero-order valence-corrected chi connectivity index (χ0v) is 14.0. The van der Waals surface area contributed by atoms with E-state index in [9.17, 15) is 9.59 Å². The van der Waals surface area contributed by atoms with Crippen LogP contribution in [0.15, 0.2) is 24.3 Å². The van der Waals surface area contributed by atoms with Crippen LogP contribution in [0.3, 0.4) is 0 Å². The van der Waals surface area contributed by atoms with E-state index in [0.29, 0.717) is 5.56 Å². The van der Waals surface area contributed by atoms with Crippen molar-refractivity contribution >= 4 is 11.9 Å². The normalized spacial score (nSPS) is 28.5. The molecule has 1 N–H and O–H groups in total. The molecule has 4 heteroatoms. The number of carboxylic acids is 1. The van der Waals surface area contributed by atoms with Crippen molar-refractivity contribution in [2.45, 2.75) is 63.9 Å². The average molecular weight is 316 g/mol. The Labute approximate surface area is 136 Å². The molecule has 3 fully saturated rings. The summed E-state index contributed by atoms with van der Waals surface area (Å²) < 4.78 is 5.38. The van der Waals surface area contributed by atoms with Gasteiger partial charge in [0.1, 0.15) is 5.60 Å². The van der Waals surface area contributed by atoms with Crippen molar-refractivity contribution in [3.05, 3.63) is 35.4 Å². The second-order valence-electron chi connectivity index (χ2n) is 8.28. The van der Waals surface area contributed by atoms with E-state index in [-0.39, 0.29) is 23.2 Å². The molecule has 0 atom stereocenters. The van der Waals surface area contributed by atoms with Gasteiger partial charge in [0.05, 0.1) is 5.56 Å². The van der Waals surface area contributed by atoms with E-state index >= 15 is 0 Å². The lowest BCUT2D eigenvalue weighted by Crippen LogP contribution is -2.64. The Morgan fingerprint density at radius 1 is 1.13 bits per heavy atom. The number of rotatable bonds is 5. The van der Waals surface area contributed by atoms with Crippen molar-refractivity contribution in [3.63, 3.8) is 0 Å². The molecule has 0 radical (unpaired) electrons. The lowest BCUT2D eigenvalue weighted by atomic mass is 9.32. The molecule has 23 heavy (non-hydrogen) atoms. The monoisotopic (exact) mass is 316 g/mol. The van der Waals surface area contributed by atoms with Crippen molar-refractivity contribution in [2.75, 3.05) is 0 Å². The van der Waals surface area contributed by atoms with Crippen LogP contribution in [-0.4, -0.2) is 22.6 Å². The predicted octanol–water partition coefficient (Wildman–Crippen LogP) is 3.93. The summed E-state index contributed by atoms with van der Waals surface area (Å²) in [5.41, 5.74) is 1.85. The maximum Gasteiger partial charge on any atom is 0.338 e. The number of carbonyl (C=O) groups excluding carboxylic acids is 1. The van der Waals surface area contributed by atoms with Crippen molar-refractivity contribution < 1.29 is 19.4 Å². The van der Waals surface area contributed by atoms with Crippen LogP contribution in [0.2, 0.25) is 0 Å². The highest BCUT2D eigenvalue weighted by atomic mass is 16.6. The van der Waals surface area contributed by atoms with Gasteiger partial charge in [-0.25, -0.2) is 4.79 Å². The SMILES string of the molecule is CC(C)(C)OC(=O)c1ccc(C23CC(CCC(=O)O)(C2)C3)cc1. The highest BCUT2D eigenvalue weighted by Gasteiger charge is 2.67. The molecule has 0 unspecified atom stereocenters. The Morgan fingerprint density at radius 2 is 1.70 bits per heavy atom. The number of benzene rings is 1. The van der Waals surface area contributed by atoms with Crippen molar-refractivity contribution in [2.24, 2.45) is 5.41 Å². The number of aliphatic carboxylic acids is 1. The number of hydrogen-bond acceptors (Lipinski definition) is 3. The standard InChI is InChI=1S/C19H24O4/c1-17(2,3)23-16(22)13-4-6-14(7-5-13)19-10-18(11-19,12-19)9-8-15(20)21/h4-7H,8-12H2,1-3H3,(H,20,21). The largest absolute Gasteiger partial charge is 0.481 e. The molecule has 2 bridgehead atoms. The van der Waals surface area contributed by atoms with Gasteiger partial charge in [-0.05, 0) is 75.0 Å². The van der Waals surface area contributed by atoms with Crippen LogP contribution in [0, 0.1) is 5.41 Å². The molecule has 4 rings (SSSR count). The molecule has 124 valence electrons. The summed E-state index contributed by atoms with van der Waals surface area (Å²) in [5.74, 6) is -0.995. The van der Waals surface area contributed by atoms with Gasteiger partial charge in [-0.3, -0.25) is 4.79 Å². The van der Waals surface area contributed by atoms with Gasteiger partial charge in [0.25, 0.3) is 0 Å². The van der Waals surface area contributed by atoms with Gasteiger partial charge in [0, 0.05) is 6.42 Å². The molecule has 4 nitrogen and oxygen atoms in total. The molecular formula is C19H24O4. The van der Waals surface area contributed by atoms with E-state index in [2.05, 4.69) is 0 Å². The van der Waals surface area contributed by atoms with Crippen LogP contribution in [0.5, 0.6) is 0 Å². The third-order valence-corrected chi connectivity index (χ3v) is 5.14. The van der Waals surface area contributed by atoms with Crippen LogP contribution in [0.1, 0.15) is 68.8 Å². The lowest BCUT2D eigenvalue weighted by Gasteiger charge is -2.71. The smallest absolute Gasteiger partial charge is 0.338 e. The van der Waals surface area contributed by atoms with E-state index in [4.69, 9.17) is 9.84 Å². The van der Waals surface area contributed by atoms with Gasteiger partial charge in [-0.2, -0.15) is 0 Å². The minimum absolute atomic E-state index is 0.227. The fourth-order valence-corrected chi connectivity index (χ4v) is 4.24. The van der Waals surface area contributed by atoms with E-state index in [0.717, 1.165) is 25.7 Å². The summed E-state index contributed by atoms with van der Waals surface area (Å²) >= 11 is 0. The maximum atomic E-state index is 12.0. The first-order chi connectivity index (χ1) is 10.6. The molecule has 1 aromatic rings. The number of hydrogen-bond donors (Lipinski definition) is 1. The topological polar surface area (TPSA) is 63.6 Å². The maximum absolute atomic E-state index is 12.0. The van der Waals surface area contributed by atoms with Gasteiger partial charge >= 0.3 is 11.9 Å². The van der Waals surface area contributed by atoms with Crippen LogP contribution in [0.4, 0.5) is 0 Å². The van der Waals surface area contributed by atoms with E-state index in [1.807, 2.05) is 45.0 Å². The highest BCUT2D eigenvalue weighted by Crippen LogP contribution is 2.75. The number of ether oxygens (including phenoxy) is 1. The molecule has 3 aliphatic carbocycles. The van der Waals surface area contributed by atoms with Crippen molar-refractivity contribution in [1.29, 1.82) is 0 Å². The van der Waals surface area contributed by atoms with Crippen LogP contribution in [0.25, 0.3) is 0 Å². The zero-order valence-electron chi connectivity index (χ0n) is 14.0. The highest BCUT2D eigenvalue weighted by molar-refractivity contribution is 5.89. The fraction of sp³-hybridized carbons (Fsp3) is 0.579. The summed E-state index contributed by atoms with van der Waals surface area (Å²) in [6.07, 6.45) is 4.31. The van der Waals surface area contributed by atoms with Gasteiger partial charge in [0.15, 0.2) is 0 Å². The Balaban J connectivity index is 1.60. The molecule has 0 saturated heterocycles. The number of carboxylic acid groups (broad SMARTS) is 1. The Bertz CT molecular complexity index is 617. The zero-order chi connectivity index (χ0) is 16.9. The van der Waals surface area contributed by atoms with Crippen LogP contribution >= 0.6 is 0 Å². The molecular weight excluding hydrogens is 292 g/mol. The van der Waals surface area contributed by atoms with Crippen LogP contribution in [-0.2, 0) is 14.9 Å². The van der Waals surface area contributed by atoms with Crippen LogP contribution < -0.4 is 0 Å². The molecule has 3 aliphatic rings. The third kappa shape index (κ3) is 2.99. The lowest BCUT2D eigenvalue weighted by molar-refractivity contribution is -0.157. The fourth-order valence-electron chi connectivity index (χ4n) is 4.24. The summed E-state index contributed by atoms with van der Waals surface area (Å²) in [6, 6.07) is 7.74. The minimum atomic E-state index is -0.703. The Kier molecular flexibility index (Phi) is 3.54. The average Bonchev–Trinajstić information content (AvgIpc) is 2.34. The second kappa shape index (κ2) is 5.08. The Hall–Kier alpha value is -1.84. The van der Waals surface area contributed by atoms with Gasteiger partial charge in [-0.1, -0.05) is 12.1 Å². The second-order valence-corrected chi connectivity index (χ2v) is 8.28. The first-order valence-electron chi connectivity index (χ1n) is 8.19. The molecule has 0 spiro atoms. The van der Waals surface area contributed by atoms with E-state index < -0.39 is 11.6 Å². The molecule has 0 aliphatic heterocycles. The molecule has 0 amide bonds. The van der Waals surface area contributed by atoms with E-state index in [1.165, 1.54) is 5.56 Å². The number of carbonyl (C=O) groups is 2. The van der Waals surface area contributed by atoms with Crippen molar-refractivity contribution in [3.8, 4) is 0 Å². The summed E-state index contributed by atoms with van der Waals surface area (Å²) in [4.78, 5) is 22.7. The molecule has 0 aromatic heterocycles. The molecule has 3 saturated carbocycles. The number of esters is 1. The van der Waals surface area contributed by atoms with Gasteiger partial charge < -0.3 is 9.84 Å². The minimum Gasteiger partial charge on any atom is -0.481 e. The summed E-state index contributed by atoms with van der Waals surface area (Å²) in [5, 5.41) is 8.81. The quantitative estimate of drug-likeness (QED) is 0.836. The molecule has 0 heterocycles. The van der Waals surface area contributed by atoms with E-state index in [1.54, 1.807) is 0 Å². The first-order valence-corrected chi connectivity index (χ1v) is 8.19. The third-order valence-electron chi connectivity index (χ3n) is 5.14. The van der Waals surface area contributed by atoms with Gasteiger partial charge in [-0.15, -0.1) is 0 Å². The van der Waals surface area contributed by atoms with Crippen molar-refractivity contribution in [1.82, 2.24) is 0 Å². The Morgan fingerprint density at radius 3 is 2.17 bits per heavy atom. The summed E-state index contributed by atoms with van der Waals surface area (Å²) in [7, 11) is 0. The predicted molar refractivity (Wildman–Crippen MR) is 86.4 cm³/mol. The van der Waals surface area contributed by atoms with Gasteiger partial charge in [0.2, 0.25) is 0 Å².